The number of rotatable bonds is 3. The summed E-state index contributed by atoms with van der Waals surface area (Å²) in [6, 6.07) is 8.20. The summed E-state index contributed by atoms with van der Waals surface area (Å²) in [6.45, 7) is 0. The Morgan fingerprint density at radius 2 is 1.94 bits per heavy atom. The summed E-state index contributed by atoms with van der Waals surface area (Å²) in [5.41, 5.74) is 1.46. The molecule has 0 saturated heterocycles. The first kappa shape index (κ1) is 11.7. The number of nitrogens with zero attached hydrogens (tertiary/aromatic N) is 1. The van der Waals surface area contributed by atoms with Gasteiger partial charge in [-0.1, -0.05) is 11.6 Å². The van der Waals surface area contributed by atoms with Crippen LogP contribution >= 0.6 is 11.6 Å². The Bertz CT molecular complexity index is 531. The number of halogens is 2. The van der Waals surface area contributed by atoms with Crippen molar-refractivity contribution in [1.29, 1.82) is 0 Å². The zero-order valence-electron chi connectivity index (χ0n) is 9.17. The molecule has 0 aliphatic heterocycles. The number of pyridine rings is 1. The maximum Gasteiger partial charge on any atom is 0.143 e. The fourth-order valence-corrected chi connectivity index (χ4v) is 1.50. The summed E-state index contributed by atoms with van der Waals surface area (Å²) < 4.78 is 13.2. The van der Waals surface area contributed by atoms with E-state index in [1.807, 2.05) is 6.07 Å². The van der Waals surface area contributed by atoms with Crippen molar-refractivity contribution in [2.75, 3.05) is 17.7 Å². The van der Waals surface area contributed by atoms with Gasteiger partial charge in [-0.2, -0.15) is 0 Å². The minimum atomic E-state index is -0.445. The second-order valence-corrected chi connectivity index (χ2v) is 3.84. The van der Waals surface area contributed by atoms with Crippen molar-refractivity contribution < 1.29 is 4.39 Å². The summed E-state index contributed by atoms with van der Waals surface area (Å²) in [6.07, 6.45) is 1.67. The third kappa shape index (κ3) is 2.85. The first-order valence-electron chi connectivity index (χ1n) is 5.05. The van der Waals surface area contributed by atoms with Crippen molar-refractivity contribution in [3.8, 4) is 0 Å². The van der Waals surface area contributed by atoms with E-state index in [4.69, 9.17) is 11.6 Å². The Morgan fingerprint density at radius 3 is 2.65 bits per heavy atom. The molecule has 0 amide bonds. The van der Waals surface area contributed by atoms with Crippen LogP contribution in [0.3, 0.4) is 0 Å². The van der Waals surface area contributed by atoms with Crippen LogP contribution in [0.2, 0.25) is 5.02 Å². The average molecular weight is 252 g/mol. The second-order valence-electron chi connectivity index (χ2n) is 3.43. The van der Waals surface area contributed by atoms with Crippen molar-refractivity contribution in [3.63, 3.8) is 0 Å². The number of aromatic nitrogens is 1. The van der Waals surface area contributed by atoms with Gasteiger partial charge in [0.1, 0.15) is 11.6 Å². The van der Waals surface area contributed by atoms with Gasteiger partial charge in [-0.15, -0.1) is 0 Å². The maximum absolute atomic E-state index is 13.2. The van der Waals surface area contributed by atoms with Crippen molar-refractivity contribution in [3.05, 3.63) is 47.4 Å². The van der Waals surface area contributed by atoms with Gasteiger partial charge in [0.25, 0.3) is 0 Å². The van der Waals surface area contributed by atoms with Crippen molar-refractivity contribution in [2.24, 2.45) is 0 Å². The van der Waals surface area contributed by atoms with E-state index in [0.29, 0.717) is 5.69 Å². The molecule has 0 unspecified atom stereocenters. The van der Waals surface area contributed by atoms with Gasteiger partial charge in [-0.3, -0.25) is 0 Å². The molecular formula is C12H11ClFN3. The zero-order valence-corrected chi connectivity index (χ0v) is 9.92. The number of hydrogen-bond donors (Lipinski definition) is 2. The Labute approximate surface area is 104 Å². The van der Waals surface area contributed by atoms with E-state index >= 15 is 0 Å². The Morgan fingerprint density at radius 1 is 1.18 bits per heavy atom. The number of benzene rings is 1. The van der Waals surface area contributed by atoms with Crippen molar-refractivity contribution in [1.82, 2.24) is 4.98 Å². The average Bonchev–Trinajstić information content (AvgIpc) is 2.34. The largest absolute Gasteiger partial charge is 0.373 e. The molecule has 3 nitrogen and oxygen atoms in total. The van der Waals surface area contributed by atoms with Crippen molar-refractivity contribution in [2.45, 2.75) is 0 Å². The smallest absolute Gasteiger partial charge is 0.143 e. The molecule has 5 heteroatoms. The lowest BCUT2D eigenvalue weighted by Gasteiger charge is -2.08. The zero-order chi connectivity index (χ0) is 12.3. The molecule has 2 N–H and O–H groups in total. The summed E-state index contributed by atoms with van der Waals surface area (Å²) in [5.74, 6) is 0.295. The first-order chi connectivity index (χ1) is 8.19. The van der Waals surface area contributed by atoms with Gasteiger partial charge in [0.2, 0.25) is 0 Å². The van der Waals surface area contributed by atoms with Crippen LogP contribution in [0.15, 0.2) is 36.5 Å². The predicted molar refractivity (Wildman–Crippen MR) is 68.5 cm³/mol. The molecule has 0 aliphatic carbocycles. The van der Waals surface area contributed by atoms with Gasteiger partial charge < -0.3 is 10.6 Å². The lowest BCUT2D eigenvalue weighted by Crippen LogP contribution is -1.95. The normalized spacial score (nSPS) is 10.1. The molecule has 0 bridgehead atoms. The van der Waals surface area contributed by atoms with Gasteiger partial charge in [0, 0.05) is 30.7 Å². The molecular weight excluding hydrogens is 241 g/mol. The van der Waals surface area contributed by atoms with Crippen molar-refractivity contribution >= 4 is 28.8 Å². The molecule has 0 radical (unpaired) electrons. The molecule has 1 heterocycles. The fourth-order valence-electron chi connectivity index (χ4n) is 1.39. The van der Waals surface area contributed by atoms with Crippen LogP contribution in [0.25, 0.3) is 0 Å². The summed E-state index contributed by atoms with van der Waals surface area (Å²) in [7, 11) is 1.79. The van der Waals surface area contributed by atoms with Crippen LogP contribution in [0.5, 0.6) is 0 Å². The minimum Gasteiger partial charge on any atom is -0.373 e. The molecule has 2 aromatic rings. The summed E-state index contributed by atoms with van der Waals surface area (Å²) in [5, 5.41) is 6.11. The maximum atomic E-state index is 13.2. The molecule has 2 rings (SSSR count). The highest BCUT2D eigenvalue weighted by Gasteiger charge is 2.01. The highest BCUT2D eigenvalue weighted by Crippen LogP contribution is 2.22. The number of hydrogen-bond acceptors (Lipinski definition) is 3. The standard InChI is InChI=1S/C12H11ClFN3/c1-15-12-7-9(4-5-16-12)17-8-2-3-10(13)11(14)6-8/h2-7H,1H3,(H2,15,16,17). The van der Waals surface area contributed by atoms with Gasteiger partial charge in [0.15, 0.2) is 0 Å². The topological polar surface area (TPSA) is 37.0 Å². The van der Waals surface area contributed by atoms with Gasteiger partial charge in [-0.25, -0.2) is 9.37 Å². The number of nitrogens with one attached hydrogen (secondary N) is 2. The Balaban J connectivity index is 2.22. The third-order valence-corrected chi connectivity index (χ3v) is 2.53. The third-order valence-electron chi connectivity index (χ3n) is 2.22. The van der Waals surface area contributed by atoms with E-state index in [1.54, 1.807) is 25.4 Å². The number of anilines is 3. The van der Waals surface area contributed by atoms with E-state index in [-0.39, 0.29) is 5.02 Å². The molecule has 0 saturated carbocycles. The lowest BCUT2D eigenvalue weighted by molar-refractivity contribution is 0.629. The lowest BCUT2D eigenvalue weighted by atomic mass is 10.3. The monoisotopic (exact) mass is 251 g/mol. The summed E-state index contributed by atoms with van der Waals surface area (Å²) >= 11 is 5.61. The first-order valence-corrected chi connectivity index (χ1v) is 5.43. The second kappa shape index (κ2) is 5.01. The van der Waals surface area contributed by atoms with Gasteiger partial charge in [-0.05, 0) is 24.3 Å². The van der Waals surface area contributed by atoms with Crippen LogP contribution in [-0.4, -0.2) is 12.0 Å². The molecule has 1 aromatic carbocycles. The highest BCUT2D eigenvalue weighted by molar-refractivity contribution is 6.30. The van der Waals surface area contributed by atoms with Gasteiger partial charge in [0.05, 0.1) is 5.02 Å². The molecule has 0 aliphatic rings. The quantitative estimate of drug-likeness (QED) is 0.874. The fraction of sp³-hybridized carbons (Fsp3) is 0.0833. The highest BCUT2D eigenvalue weighted by atomic mass is 35.5. The van der Waals surface area contributed by atoms with E-state index in [9.17, 15) is 4.39 Å². The van der Waals surface area contributed by atoms with E-state index in [1.165, 1.54) is 12.1 Å². The Kier molecular flexibility index (Phi) is 3.44. The molecule has 88 valence electrons. The Hall–Kier alpha value is -1.81. The van der Waals surface area contributed by atoms with Crippen LogP contribution in [-0.2, 0) is 0 Å². The molecule has 0 atom stereocenters. The van der Waals surface area contributed by atoms with Crippen LogP contribution < -0.4 is 10.6 Å². The van der Waals surface area contributed by atoms with Crippen LogP contribution in [0.4, 0.5) is 21.6 Å². The van der Waals surface area contributed by atoms with E-state index in [2.05, 4.69) is 15.6 Å². The molecule has 1 aromatic heterocycles. The van der Waals surface area contributed by atoms with Gasteiger partial charge >= 0.3 is 0 Å². The summed E-state index contributed by atoms with van der Waals surface area (Å²) in [4.78, 5) is 4.08. The molecule has 17 heavy (non-hydrogen) atoms. The minimum absolute atomic E-state index is 0.112. The van der Waals surface area contributed by atoms with Crippen LogP contribution in [0.1, 0.15) is 0 Å². The van der Waals surface area contributed by atoms with E-state index in [0.717, 1.165) is 11.5 Å². The molecule has 0 fully saturated rings. The predicted octanol–water partition coefficient (Wildman–Crippen LogP) is 3.66. The van der Waals surface area contributed by atoms with E-state index < -0.39 is 5.82 Å². The molecule has 0 spiro atoms. The van der Waals surface area contributed by atoms with Crippen LogP contribution in [0, 0.1) is 5.82 Å². The SMILES string of the molecule is CNc1cc(Nc2ccc(Cl)c(F)c2)ccn1.